The number of piperidine rings is 1. The molecule has 3 aromatic rings. The number of nitrogens with one attached hydrogen (secondary N) is 2. The fourth-order valence-corrected chi connectivity index (χ4v) is 5.68. The minimum Gasteiger partial charge on any atom is -0.361 e. The van der Waals surface area contributed by atoms with E-state index >= 15 is 0 Å². The van der Waals surface area contributed by atoms with Crippen LogP contribution in [0.1, 0.15) is 42.9 Å². The molecule has 33 heavy (non-hydrogen) atoms. The van der Waals surface area contributed by atoms with Crippen LogP contribution in [0.4, 0.5) is 0 Å². The lowest BCUT2D eigenvalue weighted by atomic mass is 9.74. The Kier molecular flexibility index (Phi) is 5.71. The predicted molar refractivity (Wildman–Crippen MR) is 130 cm³/mol. The highest BCUT2D eigenvalue weighted by Crippen LogP contribution is 2.46. The number of nitrogens with zero attached hydrogens (tertiary/aromatic N) is 1. The molecule has 1 saturated heterocycles. The van der Waals surface area contributed by atoms with E-state index in [1.165, 1.54) is 11.1 Å². The average Bonchev–Trinajstić information content (AvgIpc) is 3.41. The third-order valence-corrected chi connectivity index (χ3v) is 7.62. The second-order valence-corrected chi connectivity index (χ2v) is 9.68. The number of para-hydroxylation sites is 1. The predicted octanol–water partition coefficient (Wildman–Crippen LogP) is 3.05. The monoisotopic (exact) mass is 444 g/mol. The van der Waals surface area contributed by atoms with Crippen molar-refractivity contribution >= 4 is 22.7 Å². The van der Waals surface area contributed by atoms with Gasteiger partial charge in [0.2, 0.25) is 11.8 Å². The zero-order chi connectivity index (χ0) is 23.0. The molecular formula is C27H32N4O2. The number of likely N-dealkylation sites (tertiary alicyclic amines) is 1. The first-order chi connectivity index (χ1) is 16.0. The SMILES string of the molecule is C[C@@H](N)C(=O)N[C@H](Cc1c[nH]c2ccccc12)C(=O)N1CCC2(CCc3ccccc32)CC1. The van der Waals surface area contributed by atoms with E-state index in [0.717, 1.165) is 42.1 Å². The van der Waals surface area contributed by atoms with Crippen LogP contribution in [0.25, 0.3) is 10.9 Å². The van der Waals surface area contributed by atoms with Crippen LogP contribution in [0.3, 0.4) is 0 Å². The number of H-pyrrole nitrogens is 1. The first-order valence-electron chi connectivity index (χ1n) is 11.9. The molecule has 0 unspecified atom stereocenters. The fraction of sp³-hybridized carbons (Fsp3) is 0.407. The van der Waals surface area contributed by atoms with E-state index in [4.69, 9.17) is 5.73 Å². The van der Waals surface area contributed by atoms with Gasteiger partial charge in [0.25, 0.3) is 0 Å². The van der Waals surface area contributed by atoms with Gasteiger partial charge < -0.3 is 20.9 Å². The van der Waals surface area contributed by atoms with Crippen molar-refractivity contribution in [1.82, 2.24) is 15.2 Å². The number of hydrogen-bond acceptors (Lipinski definition) is 3. The Hall–Kier alpha value is -3.12. The van der Waals surface area contributed by atoms with Crippen LogP contribution in [0.2, 0.25) is 0 Å². The molecule has 4 N–H and O–H groups in total. The molecule has 1 fully saturated rings. The molecule has 2 atom stereocenters. The number of rotatable bonds is 5. The molecule has 0 radical (unpaired) electrons. The lowest BCUT2D eigenvalue weighted by molar-refractivity contribution is -0.138. The summed E-state index contributed by atoms with van der Waals surface area (Å²) in [5, 5.41) is 4.00. The molecule has 1 aromatic heterocycles. The molecule has 1 spiro atoms. The smallest absolute Gasteiger partial charge is 0.245 e. The number of nitrogens with two attached hydrogens (primary N) is 1. The molecule has 0 bridgehead atoms. The third-order valence-electron chi connectivity index (χ3n) is 7.62. The zero-order valence-electron chi connectivity index (χ0n) is 19.1. The summed E-state index contributed by atoms with van der Waals surface area (Å²) in [6.45, 7) is 3.07. The maximum Gasteiger partial charge on any atom is 0.245 e. The first-order valence-corrected chi connectivity index (χ1v) is 11.9. The maximum atomic E-state index is 13.6. The summed E-state index contributed by atoms with van der Waals surface area (Å²) in [5.74, 6) is -0.318. The Morgan fingerprint density at radius 1 is 1.09 bits per heavy atom. The quantitative estimate of drug-likeness (QED) is 0.565. The summed E-state index contributed by atoms with van der Waals surface area (Å²) >= 11 is 0. The van der Waals surface area contributed by atoms with Crippen LogP contribution in [-0.4, -0.2) is 46.9 Å². The van der Waals surface area contributed by atoms with Crippen molar-refractivity contribution < 1.29 is 9.59 Å². The highest BCUT2D eigenvalue weighted by atomic mass is 16.2. The third kappa shape index (κ3) is 4.04. The van der Waals surface area contributed by atoms with Gasteiger partial charge >= 0.3 is 0 Å². The summed E-state index contributed by atoms with van der Waals surface area (Å²) < 4.78 is 0. The molecule has 5 rings (SSSR count). The Morgan fingerprint density at radius 3 is 2.61 bits per heavy atom. The lowest BCUT2D eigenvalue weighted by Gasteiger charge is -2.41. The van der Waals surface area contributed by atoms with Gasteiger partial charge in [0.1, 0.15) is 6.04 Å². The first kappa shape index (κ1) is 21.7. The molecule has 6 nitrogen and oxygen atoms in total. The Balaban J connectivity index is 1.34. The molecule has 2 heterocycles. The highest BCUT2D eigenvalue weighted by Gasteiger charge is 2.42. The van der Waals surface area contributed by atoms with Crippen molar-refractivity contribution in [2.24, 2.45) is 5.73 Å². The van der Waals surface area contributed by atoms with E-state index < -0.39 is 12.1 Å². The van der Waals surface area contributed by atoms with Crippen molar-refractivity contribution in [1.29, 1.82) is 0 Å². The van der Waals surface area contributed by atoms with Crippen LogP contribution in [-0.2, 0) is 27.8 Å². The van der Waals surface area contributed by atoms with Gasteiger partial charge in [-0.2, -0.15) is 0 Å². The van der Waals surface area contributed by atoms with Crippen molar-refractivity contribution in [3.63, 3.8) is 0 Å². The molecular weight excluding hydrogens is 412 g/mol. The number of aromatic amines is 1. The van der Waals surface area contributed by atoms with Crippen molar-refractivity contribution in [3.05, 3.63) is 71.4 Å². The van der Waals surface area contributed by atoms with Crippen LogP contribution in [0.5, 0.6) is 0 Å². The van der Waals surface area contributed by atoms with Gasteiger partial charge in [0.05, 0.1) is 6.04 Å². The standard InChI is InChI=1S/C27H32N4O2/c1-18(28)25(32)30-24(16-20-17-29-23-9-5-3-7-21(20)23)26(33)31-14-12-27(13-15-31)11-10-19-6-2-4-8-22(19)27/h2-9,17-18,24,29H,10-16,28H2,1H3,(H,30,32)/t18-,24-/m1/s1. The van der Waals surface area contributed by atoms with Gasteiger partial charge in [0.15, 0.2) is 0 Å². The molecule has 0 saturated carbocycles. The van der Waals surface area contributed by atoms with Crippen molar-refractivity contribution in [2.45, 2.75) is 56.5 Å². The number of carbonyl (C=O) groups is 2. The molecule has 2 aromatic carbocycles. The number of carbonyl (C=O) groups excluding carboxylic acids is 2. The van der Waals surface area contributed by atoms with Gasteiger partial charge in [-0.3, -0.25) is 9.59 Å². The number of fused-ring (bicyclic) bond motifs is 3. The van der Waals surface area contributed by atoms with Gasteiger partial charge in [-0.05, 0) is 60.8 Å². The van der Waals surface area contributed by atoms with E-state index in [9.17, 15) is 9.59 Å². The van der Waals surface area contributed by atoms with E-state index in [1.807, 2.05) is 35.4 Å². The second kappa shape index (κ2) is 8.67. The summed E-state index contributed by atoms with van der Waals surface area (Å²) in [4.78, 5) is 31.3. The number of aromatic nitrogens is 1. The molecule has 1 aliphatic heterocycles. The topological polar surface area (TPSA) is 91.2 Å². The van der Waals surface area contributed by atoms with Crippen LogP contribution in [0.15, 0.2) is 54.7 Å². The summed E-state index contributed by atoms with van der Waals surface area (Å²) in [6, 6.07) is 15.5. The van der Waals surface area contributed by atoms with E-state index in [-0.39, 0.29) is 17.2 Å². The zero-order valence-corrected chi connectivity index (χ0v) is 19.1. The van der Waals surface area contributed by atoms with Crippen LogP contribution in [0, 0.1) is 0 Å². The number of amides is 2. The maximum absolute atomic E-state index is 13.6. The average molecular weight is 445 g/mol. The van der Waals surface area contributed by atoms with Gasteiger partial charge in [-0.25, -0.2) is 0 Å². The van der Waals surface area contributed by atoms with Crippen LogP contribution < -0.4 is 11.1 Å². The minimum atomic E-state index is -0.664. The normalized spacial score (nSPS) is 18.8. The highest BCUT2D eigenvalue weighted by molar-refractivity contribution is 5.91. The fourth-order valence-electron chi connectivity index (χ4n) is 5.68. The Bertz CT molecular complexity index is 1170. The number of benzene rings is 2. The van der Waals surface area contributed by atoms with E-state index in [1.54, 1.807) is 6.92 Å². The second-order valence-electron chi connectivity index (χ2n) is 9.68. The Morgan fingerprint density at radius 2 is 1.82 bits per heavy atom. The summed E-state index contributed by atoms with van der Waals surface area (Å²) in [5.41, 5.74) is 11.0. The summed E-state index contributed by atoms with van der Waals surface area (Å²) in [7, 11) is 0. The molecule has 172 valence electrons. The van der Waals surface area contributed by atoms with E-state index in [2.05, 4.69) is 34.6 Å². The van der Waals surface area contributed by atoms with Gasteiger partial charge in [-0.15, -0.1) is 0 Å². The lowest BCUT2D eigenvalue weighted by Crippen LogP contribution is -2.55. The van der Waals surface area contributed by atoms with Gasteiger partial charge in [-0.1, -0.05) is 42.5 Å². The van der Waals surface area contributed by atoms with Crippen molar-refractivity contribution in [2.75, 3.05) is 13.1 Å². The minimum absolute atomic E-state index is 0.0181. The molecule has 2 aliphatic rings. The van der Waals surface area contributed by atoms with E-state index in [0.29, 0.717) is 19.5 Å². The van der Waals surface area contributed by atoms with Crippen molar-refractivity contribution in [3.8, 4) is 0 Å². The summed E-state index contributed by atoms with van der Waals surface area (Å²) in [6.07, 6.45) is 6.59. The Labute approximate surface area is 194 Å². The van der Waals surface area contributed by atoms with Crippen LogP contribution >= 0.6 is 0 Å². The molecule has 2 amide bonds. The van der Waals surface area contributed by atoms with Gasteiger partial charge in [0, 0.05) is 36.6 Å². The molecule has 1 aliphatic carbocycles. The number of hydrogen-bond donors (Lipinski definition) is 3. The number of aryl methyl sites for hydroxylation is 1. The largest absolute Gasteiger partial charge is 0.361 e. The molecule has 6 heteroatoms.